The van der Waals surface area contributed by atoms with E-state index >= 15 is 0 Å². The van der Waals surface area contributed by atoms with E-state index in [1.807, 2.05) is 0 Å². The summed E-state index contributed by atoms with van der Waals surface area (Å²) in [6.07, 6.45) is 18.5. The highest BCUT2D eigenvalue weighted by molar-refractivity contribution is 4.80. The highest BCUT2D eigenvalue weighted by Gasteiger charge is 1.92. The van der Waals surface area contributed by atoms with Crippen molar-refractivity contribution in [2.24, 2.45) is 0 Å². The van der Waals surface area contributed by atoms with E-state index in [4.69, 9.17) is 7.85 Å². The van der Waals surface area contributed by atoms with Crippen LogP contribution < -0.4 is 0 Å². The maximum Gasteiger partial charge on any atom is 0.0612 e. The molecule has 1 heteroatoms. The van der Waals surface area contributed by atoms with Crippen LogP contribution in [0.4, 0.5) is 0 Å². The van der Waals surface area contributed by atoms with Gasteiger partial charge in [-0.1, -0.05) is 83.3 Å². The van der Waals surface area contributed by atoms with Crippen LogP contribution >= 0.6 is 0 Å². The van der Waals surface area contributed by atoms with Crippen LogP contribution in [0.1, 0.15) is 86.7 Å². The summed E-state index contributed by atoms with van der Waals surface area (Å²) >= 11 is 0. The molecule has 0 atom stereocenters. The van der Waals surface area contributed by atoms with Gasteiger partial charge in [-0.25, -0.2) is 0 Å². The fourth-order valence-corrected chi connectivity index (χ4v) is 2.06. The summed E-state index contributed by atoms with van der Waals surface area (Å²) in [5.74, 6) is 0. The topological polar surface area (TPSA) is 20.2 Å². The molecule has 0 amide bonds. The van der Waals surface area contributed by atoms with Crippen molar-refractivity contribution in [1.82, 2.24) is 0 Å². The Morgan fingerprint density at radius 1 is 0.765 bits per heavy atom. The average molecular weight is 242 g/mol. The lowest BCUT2D eigenvalue weighted by Gasteiger charge is -2.01. The second-order valence-electron chi connectivity index (χ2n) is 4.86. The Bertz CT molecular complexity index is 209. The number of hydrogen-bond donors (Lipinski definition) is 1. The van der Waals surface area contributed by atoms with Gasteiger partial charge in [-0.2, -0.15) is 0 Å². The van der Waals surface area contributed by atoms with Crippen LogP contribution in [0.5, 0.6) is 0 Å². The first kappa shape index (κ1) is 13.1. The van der Waals surface area contributed by atoms with E-state index < -0.39 is 6.56 Å². The van der Waals surface area contributed by atoms with E-state index in [1.54, 1.807) is 6.08 Å². The molecule has 0 fully saturated rings. The minimum atomic E-state index is -2.14. The van der Waals surface area contributed by atoms with Crippen LogP contribution in [0.25, 0.3) is 0 Å². The molecule has 0 bridgehead atoms. The van der Waals surface area contributed by atoms with Gasteiger partial charge in [0.05, 0.1) is 9.30 Å². The Labute approximate surface area is 111 Å². The maximum absolute atomic E-state index is 8.84. The molecule has 0 saturated heterocycles. The Balaban J connectivity index is 3.09. The third kappa shape index (κ3) is 15.7. The normalized spacial score (nSPS) is 14.0. The van der Waals surface area contributed by atoms with E-state index in [0.717, 1.165) is 12.8 Å². The third-order valence-corrected chi connectivity index (χ3v) is 3.17. The van der Waals surface area contributed by atoms with Crippen LogP contribution in [0.15, 0.2) is 12.2 Å². The first-order chi connectivity index (χ1) is 9.06. The Hall–Kier alpha value is -0.300. The maximum atomic E-state index is 8.84. The lowest BCUT2D eigenvalue weighted by molar-refractivity contribution is 0.342. The van der Waals surface area contributed by atoms with Gasteiger partial charge in [0.25, 0.3) is 0 Å². The van der Waals surface area contributed by atoms with Crippen molar-refractivity contribution >= 4 is 0 Å². The summed E-state index contributed by atoms with van der Waals surface area (Å²) in [4.78, 5) is 0. The van der Waals surface area contributed by atoms with Gasteiger partial charge in [0.2, 0.25) is 0 Å². The van der Waals surface area contributed by atoms with Crippen molar-refractivity contribution in [1.29, 1.82) is 0 Å². The number of unbranched alkanes of at least 4 members (excludes halogenated alkanes) is 11. The van der Waals surface area contributed by atoms with Crippen LogP contribution in [-0.2, 0) is 0 Å². The molecule has 0 aliphatic heterocycles. The summed E-state index contributed by atoms with van der Waals surface area (Å²) in [5, 5.41) is 8.84. The summed E-state index contributed by atoms with van der Waals surface area (Å²) < 4.78 is 13.8. The van der Waals surface area contributed by atoms with Crippen molar-refractivity contribution in [3.63, 3.8) is 0 Å². The van der Waals surface area contributed by atoms with Gasteiger partial charge in [-0.3, -0.25) is 0 Å². The van der Waals surface area contributed by atoms with E-state index in [9.17, 15) is 0 Å². The zero-order valence-corrected chi connectivity index (χ0v) is 11.6. The molecular formula is C16H32O. The Morgan fingerprint density at radius 3 is 1.71 bits per heavy atom. The largest absolute Gasteiger partial charge is 0.392 e. The standard InChI is InChI=1S/C16H32O/c1-2-3-4-5-6-7-8-9-10-11-12-13-14-15-16-17/h14-15,17H,2-13,16H2,1H3/b15-14+/i16D2. The SMILES string of the molecule is [2H]C([2H])(O)/C=C/CCCCCCCCCCCCC. The lowest BCUT2D eigenvalue weighted by Crippen LogP contribution is -1.82. The van der Waals surface area contributed by atoms with Crippen LogP contribution in [0, 0.1) is 0 Å². The zero-order valence-electron chi connectivity index (χ0n) is 13.6. The van der Waals surface area contributed by atoms with Gasteiger partial charge in [-0.05, 0) is 12.8 Å². The molecule has 0 unspecified atom stereocenters. The van der Waals surface area contributed by atoms with Gasteiger partial charge < -0.3 is 5.11 Å². The molecule has 0 saturated carbocycles. The van der Waals surface area contributed by atoms with E-state index in [0.29, 0.717) is 0 Å². The summed E-state index contributed by atoms with van der Waals surface area (Å²) in [5.41, 5.74) is 0. The van der Waals surface area contributed by atoms with Crippen molar-refractivity contribution in [3.05, 3.63) is 12.2 Å². The molecule has 0 aromatic rings. The fraction of sp³-hybridized carbons (Fsp3) is 0.875. The summed E-state index contributed by atoms with van der Waals surface area (Å²) in [7, 11) is 0. The smallest absolute Gasteiger partial charge is 0.0612 e. The number of allylic oxidation sites excluding steroid dienone is 1. The molecule has 0 aromatic carbocycles. The van der Waals surface area contributed by atoms with E-state index in [2.05, 4.69) is 6.92 Å². The molecule has 0 heterocycles. The van der Waals surface area contributed by atoms with Crippen molar-refractivity contribution in [3.8, 4) is 0 Å². The minimum Gasteiger partial charge on any atom is -0.392 e. The molecule has 102 valence electrons. The quantitative estimate of drug-likeness (QED) is 0.346. The van der Waals surface area contributed by atoms with Crippen LogP contribution in [0.2, 0.25) is 0 Å². The van der Waals surface area contributed by atoms with Crippen molar-refractivity contribution < 1.29 is 7.85 Å². The molecule has 0 spiro atoms. The second kappa shape index (κ2) is 15.7. The zero-order chi connectivity index (χ0) is 14.4. The monoisotopic (exact) mass is 242 g/mol. The van der Waals surface area contributed by atoms with Gasteiger partial charge >= 0.3 is 0 Å². The van der Waals surface area contributed by atoms with Crippen molar-refractivity contribution in [2.45, 2.75) is 84.0 Å². The molecule has 0 aromatic heterocycles. The molecular weight excluding hydrogens is 208 g/mol. The number of aliphatic hydroxyl groups is 1. The highest BCUT2D eigenvalue weighted by atomic mass is 16.2. The minimum absolute atomic E-state index is 0.872. The molecule has 0 aliphatic rings. The van der Waals surface area contributed by atoms with E-state index in [1.165, 1.54) is 70.3 Å². The van der Waals surface area contributed by atoms with Crippen molar-refractivity contribution in [2.75, 3.05) is 6.56 Å². The summed E-state index contributed by atoms with van der Waals surface area (Å²) in [6, 6.07) is 0. The molecule has 0 aliphatic carbocycles. The molecule has 0 rings (SSSR count). The van der Waals surface area contributed by atoms with Gasteiger partial charge in [0, 0.05) is 0 Å². The summed E-state index contributed by atoms with van der Waals surface area (Å²) in [6.45, 7) is 0.113. The Kier molecular flexibility index (Phi) is 12.1. The molecule has 0 radical (unpaired) electrons. The van der Waals surface area contributed by atoms with Gasteiger partial charge in [-0.15, -0.1) is 0 Å². The molecule has 1 nitrogen and oxygen atoms in total. The predicted octanol–water partition coefficient (Wildman–Crippen LogP) is 5.24. The van der Waals surface area contributed by atoms with Gasteiger partial charge in [0.1, 0.15) is 0 Å². The lowest BCUT2D eigenvalue weighted by atomic mass is 10.1. The first-order valence-corrected chi connectivity index (χ1v) is 7.46. The molecule has 17 heavy (non-hydrogen) atoms. The third-order valence-electron chi connectivity index (χ3n) is 3.17. The molecule has 1 N–H and O–H groups in total. The van der Waals surface area contributed by atoms with Crippen LogP contribution in [-0.4, -0.2) is 11.7 Å². The first-order valence-electron chi connectivity index (χ1n) is 8.46. The highest BCUT2D eigenvalue weighted by Crippen LogP contribution is 2.11. The van der Waals surface area contributed by atoms with Gasteiger partial charge in [0.15, 0.2) is 0 Å². The fourth-order valence-electron chi connectivity index (χ4n) is 2.06. The van der Waals surface area contributed by atoms with Crippen LogP contribution in [0.3, 0.4) is 0 Å². The number of rotatable bonds is 13. The average Bonchev–Trinajstić information content (AvgIpc) is 2.34. The predicted molar refractivity (Wildman–Crippen MR) is 77.3 cm³/mol. The second-order valence-corrected chi connectivity index (χ2v) is 4.86. The number of hydrogen-bond acceptors (Lipinski definition) is 1. The Morgan fingerprint density at radius 2 is 1.24 bits per heavy atom. The van der Waals surface area contributed by atoms with E-state index in [-0.39, 0.29) is 0 Å².